The maximum Gasteiger partial charge on any atom is 0.416 e. The van der Waals surface area contributed by atoms with Gasteiger partial charge in [0.2, 0.25) is 0 Å². The first-order chi connectivity index (χ1) is 11.2. The number of carboxylic acids is 1. The molecular weight excluding hydrogens is 325 g/mol. The van der Waals surface area contributed by atoms with E-state index in [2.05, 4.69) is 15.4 Å². The number of carboxylic acid groups (broad SMARTS) is 1. The minimum absolute atomic E-state index is 0.0484. The highest BCUT2D eigenvalue weighted by atomic mass is 19.4. The Morgan fingerprint density at radius 3 is 2.58 bits per heavy atom. The normalized spacial score (nSPS) is 12.5. The molecule has 0 spiro atoms. The maximum atomic E-state index is 12.9. The van der Waals surface area contributed by atoms with Crippen molar-refractivity contribution in [2.24, 2.45) is 0 Å². The molecule has 2 aromatic rings. The Bertz CT molecular complexity index is 781. The summed E-state index contributed by atoms with van der Waals surface area (Å²) in [7, 11) is 0. The minimum Gasteiger partial charge on any atom is -0.478 e. The lowest BCUT2D eigenvalue weighted by atomic mass is 10.0. The second kappa shape index (κ2) is 6.81. The predicted molar refractivity (Wildman–Crippen MR) is 79.0 cm³/mol. The van der Waals surface area contributed by atoms with Crippen molar-refractivity contribution in [2.45, 2.75) is 33.0 Å². The number of alkyl halides is 3. The first-order valence-electron chi connectivity index (χ1n) is 7.09. The SMILES string of the molecule is CC/C(=C\c1ccc(C(F)(F)F)cc1Cn1nnc(C)n1)C(=O)O. The molecule has 6 nitrogen and oxygen atoms in total. The molecule has 1 N–H and O–H groups in total. The van der Waals surface area contributed by atoms with Crippen LogP contribution in [0, 0.1) is 6.92 Å². The molecule has 0 aliphatic heterocycles. The summed E-state index contributed by atoms with van der Waals surface area (Å²) in [6.07, 6.45) is -2.89. The summed E-state index contributed by atoms with van der Waals surface area (Å²) in [5, 5.41) is 20.5. The van der Waals surface area contributed by atoms with E-state index >= 15 is 0 Å². The van der Waals surface area contributed by atoms with E-state index in [1.54, 1.807) is 13.8 Å². The van der Waals surface area contributed by atoms with Crippen molar-refractivity contribution in [1.82, 2.24) is 20.2 Å². The molecule has 2 rings (SSSR count). The van der Waals surface area contributed by atoms with Gasteiger partial charge in [-0.15, -0.1) is 10.2 Å². The fraction of sp³-hybridized carbons (Fsp3) is 0.333. The van der Waals surface area contributed by atoms with Crippen LogP contribution >= 0.6 is 0 Å². The van der Waals surface area contributed by atoms with Crippen LogP contribution in [0.4, 0.5) is 13.2 Å². The third kappa shape index (κ3) is 4.18. The van der Waals surface area contributed by atoms with Gasteiger partial charge in [0.25, 0.3) is 0 Å². The zero-order chi connectivity index (χ0) is 17.9. The van der Waals surface area contributed by atoms with Crippen LogP contribution in [0.2, 0.25) is 0 Å². The standard InChI is InChI=1S/C15H15F3N4O2/c1-3-10(14(23)24)6-11-4-5-13(15(16,17)18)7-12(11)8-22-20-9(2)19-21-22/h4-7H,3,8H2,1-2H3,(H,23,24)/b10-6+. The monoisotopic (exact) mass is 340 g/mol. The van der Waals surface area contributed by atoms with Crippen LogP contribution in [0.1, 0.15) is 35.9 Å². The fourth-order valence-electron chi connectivity index (χ4n) is 2.11. The maximum absolute atomic E-state index is 12.9. The summed E-state index contributed by atoms with van der Waals surface area (Å²) >= 11 is 0. The second-order valence-electron chi connectivity index (χ2n) is 5.11. The second-order valence-corrected chi connectivity index (χ2v) is 5.11. The molecule has 1 heterocycles. The van der Waals surface area contributed by atoms with Gasteiger partial charge in [0.05, 0.1) is 12.1 Å². The highest BCUT2D eigenvalue weighted by molar-refractivity contribution is 5.92. The highest BCUT2D eigenvalue weighted by Gasteiger charge is 2.31. The number of tetrazole rings is 1. The first-order valence-corrected chi connectivity index (χ1v) is 7.09. The zero-order valence-corrected chi connectivity index (χ0v) is 13.0. The van der Waals surface area contributed by atoms with Gasteiger partial charge >= 0.3 is 12.1 Å². The lowest BCUT2D eigenvalue weighted by molar-refractivity contribution is -0.137. The molecule has 0 aliphatic carbocycles. The van der Waals surface area contributed by atoms with Crippen molar-refractivity contribution in [3.63, 3.8) is 0 Å². The zero-order valence-electron chi connectivity index (χ0n) is 13.0. The molecule has 1 aromatic carbocycles. The van der Waals surface area contributed by atoms with Gasteiger partial charge in [-0.2, -0.15) is 18.0 Å². The van der Waals surface area contributed by atoms with Crippen LogP contribution in [-0.4, -0.2) is 31.3 Å². The average molecular weight is 340 g/mol. The Kier molecular flexibility index (Phi) is 5.01. The molecule has 9 heteroatoms. The Labute approximate surface area is 135 Å². The van der Waals surface area contributed by atoms with E-state index in [9.17, 15) is 18.0 Å². The number of aliphatic carboxylic acids is 1. The number of aryl methyl sites for hydroxylation is 1. The molecule has 0 bridgehead atoms. The topological polar surface area (TPSA) is 80.9 Å². The van der Waals surface area contributed by atoms with Gasteiger partial charge in [-0.3, -0.25) is 0 Å². The molecule has 0 saturated carbocycles. The smallest absolute Gasteiger partial charge is 0.416 e. The lowest BCUT2D eigenvalue weighted by Gasteiger charge is -2.12. The Morgan fingerprint density at radius 1 is 1.38 bits per heavy atom. The minimum atomic E-state index is -4.50. The van der Waals surface area contributed by atoms with Gasteiger partial charge < -0.3 is 5.11 Å². The third-order valence-electron chi connectivity index (χ3n) is 3.32. The largest absolute Gasteiger partial charge is 0.478 e. The van der Waals surface area contributed by atoms with Gasteiger partial charge in [0.1, 0.15) is 0 Å². The van der Waals surface area contributed by atoms with Gasteiger partial charge in [-0.05, 0) is 47.9 Å². The summed E-state index contributed by atoms with van der Waals surface area (Å²) in [5.74, 6) is -0.725. The molecule has 24 heavy (non-hydrogen) atoms. The molecule has 0 fully saturated rings. The van der Waals surface area contributed by atoms with Crippen molar-refractivity contribution in [3.8, 4) is 0 Å². The van der Waals surface area contributed by atoms with Crippen molar-refractivity contribution < 1.29 is 23.1 Å². The molecular formula is C15H15F3N4O2. The van der Waals surface area contributed by atoms with Crippen molar-refractivity contribution >= 4 is 12.0 Å². The molecule has 0 radical (unpaired) electrons. The summed E-state index contributed by atoms with van der Waals surface area (Å²) in [6, 6.07) is 3.14. The van der Waals surface area contributed by atoms with Gasteiger partial charge in [-0.25, -0.2) is 4.79 Å². The fourth-order valence-corrected chi connectivity index (χ4v) is 2.11. The number of hydrogen-bond acceptors (Lipinski definition) is 4. The Hall–Kier alpha value is -2.71. The summed E-state index contributed by atoms with van der Waals surface area (Å²) in [4.78, 5) is 12.3. The Balaban J connectivity index is 2.51. The number of rotatable bonds is 5. The van der Waals surface area contributed by atoms with Gasteiger partial charge in [0.15, 0.2) is 5.82 Å². The summed E-state index contributed by atoms with van der Waals surface area (Å²) in [5.41, 5.74) is -0.0924. The average Bonchev–Trinajstić information content (AvgIpc) is 2.89. The van der Waals surface area contributed by atoms with E-state index < -0.39 is 17.7 Å². The van der Waals surface area contributed by atoms with E-state index in [1.807, 2.05) is 0 Å². The van der Waals surface area contributed by atoms with Crippen LogP contribution in [0.25, 0.3) is 6.08 Å². The van der Waals surface area contributed by atoms with E-state index in [-0.39, 0.29) is 24.1 Å². The van der Waals surface area contributed by atoms with Crippen molar-refractivity contribution in [1.29, 1.82) is 0 Å². The number of halogens is 3. The van der Waals surface area contributed by atoms with E-state index in [0.717, 1.165) is 16.9 Å². The van der Waals surface area contributed by atoms with Gasteiger partial charge in [-0.1, -0.05) is 13.0 Å². The number of nitrogens with zero attached hydrogens (tertiary/aromatic N) is 4. The predicted octanol–water partition coefficient (Wildman–Crippen LogP) is 2.93. The van der Waals surface area contributed by atoms with Crippen LogP contribution in [0.5, 0.6) is 0 Å². The van der Waals surface area contributed by atoms with Crippen LogP contribution in [0.3, 0.4) is 0 Å². The van der Waals surface area contributed by atoms with Crippen LogP contribution in [0.15, 0.2) is 23.8 Å². The van der Waals surface area contributed by atoms with Crippen LogP contribution < -0.4 is 0 Å². The molecule has 0 amide bonds. The number of hydrogen-bond donors (Lipinski definition) is 1. The molecule has 0 unspecified atom stereocenters. The van der Waals surface area contributed by atoms with Crippen LogP contribution in [-0.2, 0) is 17.5 Å². The lowest BCUT2D eigenvalue weighted by Crippen LogP contribution is -2.10. The van der Waals surface area contributed by atoms with E-state index in [1.165, 1.54) is 12.1 Å². The van der Waals surface area contributed by atoms with Crippen molar-refractivity contribution in [2.75, 3.05) is 0 Å². The molecule has 0 atom stereocenters. The van der Waals surface area contributed by atoms with E-state index in [4.69, 9.17) is 5.11 Å². The number of benzene rings is 1. The van der Waals surface area contributed by atoms with E-state index in [0.29, 0.717) is 11.4 Å². The van der Waals surface area contributed by atoms with Gasteiger partial charge in [0, 0.05) is 5.57 Å². The summed E-state index contributed by atoms with van der Waals surface area (Å²) in [6.45, 7) is 3.22. The van der Waals surface area contributed by atoms with Crippen molar-refractivity contribution in [3.05, 3.63) is 46.3 Å². The molecule has 128 valence electrons. The number of aromatic nitrogens is 4. The number of carbonyl (C=O) groups is 1. The Morgan fingerprint density at radius 2 is 2.08 bits per heavy atom. The third-order valence-corrected chi connectivity index (χ3v) is 3.32. The quantitative estimate of drug-likeness (QED) is 0.847. The first kappa shape index (κ1) is 17.6. The molecule has 0 aliphatic rings. The summed E-state index contributed by atoms with van der Waals surface area (Å²) < 4.78 is 38.8. The molecule has 0 saturated heterocycles. The highest BCUT2D eigenvalue weighted by Crippen LogP contribution is 2.31. The molecule has 1 aromatic heterocycles.